The van der Waals surface area contributed by atoms with Crippen LogP contribution in [0.25, 0.3) is 0 Å². The van der Waals surface area contributed by atoms with Gasteiger partial charge in [0.25, 0.3) is 5.91 Å². The van der Waals surface area contributed by atoms with Crippen LogP contribution in [-0.2, 0) is 6.54 Å². The largest absolute Gasteiger partial charge is 0.457 e. The average molecular weight is 459 g/mol. The van der Waals surface area contributed by atoms with Crippen LogP contribution >= 0.6 is 23.2 Å². The molecule has 0 atom stereocenters. The number of halogens is 2. The number of pyridine rings is 1. The van der Waals surface area contributed by atoms with Crippen molar-refractivity contribution in [2.75, 3.05) is 12.4 Å². The van der Waals surface area contributed by atoms with Crippen molar-refractivity contribution in [3.63, 3.8) is 0 Å². The normalized spacial score (nSPS) is 10.3. The van der Waals surface area contributed by atoms with Crippen LogP contribution in [0.5, 0.6) is 11.5 Å². The first-order valence-electron chi connectivity index (χ1n) is 9.31. The summed E-state index contributed by atoms with van der Waals surface area (Å²) in [5.41, 5.74) is 2.55. The van der Waals surface area contributed by atoms with Crippen LogP contribution in [-0.4, -0.2) is 24.0 Å². The molecule has 3 N–H and O–H groups in total. The number of aromatic nitrogens is 1. The quantitative estimate of drug-likeness (QED) is 0.474. The van der Waals surface area contributed by atoms with Gasteiger partial charge in [0.2, 0.25) is 0 Å². The molecule has 0 saturated carbocycles. The molecular formula is C22H20Cl2N4O3. The zero-order valence-corrected chi connectivity index (χ0v) is 18.3. The minimum absolute atomic E-state index is 0.267. The average Bonchev–Trinajstić information content (AvgIpc) is 2.75. The third-order valence-corrected chi connectivity index (χ3v) is 4.92. The number of aryl methyl sites for hydroxylation is 1. The Morgan fingerprint density at radius 3 is 2.55 bits per heavy atom. The molecule has 2 aromatic carbocycles. The van der Waals surface area contributed by atoms with Gasteiger partial charge in [0.1, 0.15) is 17.2 Å². The molecule has 0 aliphatic carbocycles. The van der Waals surface area contributed by atoms with Crippen LogP contribution in [0.4, 0.5) is 10.5 Å². The van der Waals surface area contributed by atoms with Crippen molar-refractivity contribution in [1.82, 2.24) is 15.6 Å². The number of nitrogens with zero attached hydrogens (tertiary/aromatic N) is 1. The topological polar surface area (TPSA) is 92.4 Å². The van der Waals surface area contributed by atoms with Crippen LogP contribution < -0.4 is 20.7 Å². The fraction of sp³-hybridized carbons (Fsp3) is 0.136. The lowest BCUT2D eigenvalue weighted by Crippen LogP contribution is -2.28. The maximum atomic E-state index is 12.2. The highest BCUT2D eigenvalue weighted by molar-refractivity contribution is 6.35. The van der Waals surface area contributed by atoms with E-state index >= 15 is 0 Å². The molecule has 0 aliphatic heterocycles. The molecule has 0 saturated heterocycles. The Morgan fingerprint density at radius 2 is 1.81 bits per heavy atom. The summed E-state index contributed by atoms with van der Waals surface area (Å²) in [4.78, 5) is 27.9. The van der Waals surface area contributed by atoms with Gasteiger partial charge in [-0.3, -0.25) is 9.78 Å². The zero-order valence-electron chi connectivity index (χ0n) is 16.8. The van der Waals surface area contributed by atoms with Crippen molar-refractivity contribution in [1.29, 1.82) is 0 Å². The van der Waals surface area contributed by atoms with Gasteiger partial charge < -0.3 is 20.7 Å². The third kappa shape index (κ3) is 6.10. The van der Waals surface area contributed by atoms with E-state index in [0.717, 1.165) is 11.1 Å². The van der Waals surface area contributed by atoms with Crippen molar-refractivity contribution < 1.29 is 14.3 Å². The number of hydrogen-bond acceptors (Lipinski definition) is 4. The number of hydrogen-bond donors (Lipinski definition) is 3. The fourth-order valence-electron chi connectivity index (χ4n) is 2.73. The fourth-order valence-corrected chi connectivity index (χ4v) is 3.07. The van der Waals surface area contributed by atoms with Gasteiger partial charge in [-0.25, -0.2) is 4.79 Å². The predicted octanol–water partition coefficient (Wildman–Crippen LogP) is 5.17. The Balaban J connectivity index is 1.61. The number of ether oxygens (including phenoxy) is 1. The Morgan fingerprint density at radius 1 is 1.03 bits per heavy atom. The monoisotopic (exact) mass is 458 g/mol. The summed E-state index contributed by atoms with van der Waals surface area (Å²) in [7, 11) is 1.54. The molecule has 0 aliphatic rings. The van der Waals surface area contributed by atoms with Crippen LogP contribution in [0.2, 0.25) is 10.0 Å². The summed E-state index contributed by atoms with van der Waals surface area (Å²) in [6, 6.07) is 13.2. The van der Waals surface area contributed by atoms with E-state index in [4.69, 9.17) is 27.9 Å². The number of benzene rings is 2. The van der Waals surface area contributed by atoms with Gasteiger partial charge in [0.05, 0.1) is 10.7 Å². The van der Waals surface area contributed by atoms with Gasteiger partial charge in [-0.05, 0) is 54.4 Å². The highest BCUT2D eigenvalue weighted by Crippen LogP contribution is 2.26. The number of amides is 3. The molecule has 3 amide bonds. The molecule has 1 aromatic heterocycles. The maximum Gasteiger partial charge on any atom is 0.319 e. The highest BCUT2D eigenvalue weighted by atomic mass is 35.5. The first kappa shape index (κ1) is 22.4. The van der Waals surface area contributed by atoms with Gasteiger partial charge in [-0.15, -0.1) is 0 Å². The molecule has 1 heterocycles. The number of anilines is 1. The molecule has 0 fully saturated rings. The smallest absolute Gasteiger partial charge is 0.319 e. The second-order valence-corrected chi connectivity index (χ2v) is 7.42. The van der Waals surface area contributed by atoms with Crippen molar-refractivity contribution in [3.05, 3.63) is 81.6 Å². The van der Waals surface area contributed by atoms with E-state index in [1.54, 1.807) is 36.4 Å². The van der Waals surface area contributed by atoms with Crippen molar-refractivity contribution in [3.8, 4) is 11.5 Å². The number of carbonyl (C=O) groups excluding carboxylic acids is 2. The Labute approximate surface area is 189 Å². The molecule has 0 radical (unpaired) electrons. The van der Waals surface area contributed by atoms with Gasteiger partial charge >= 0.3 is 6.03 Å². The molecule has 3 rings (SSSR count). The van der Waals surface area contributed by atoms with E-state index in [1.165, 1.54) is 13.2 Å². The molecule has 31 heavy (non-hydrogen) atoms. The van der Waals surface area contributed by atoms with Crippen LogP contribution in [0.1, 0.15) is 21.6 Å². The summed E-state index contributed by atoms with van der Waals surface area (Å²) < 4.78 is 5.83. The van der Waals surface area contributed by atoms with E-state index in [9.17, 15) is 9.59 Å². The number of nitrogens with one attached hydrogen (secondary N) is 3. The lowest BCUT2D eigenvalue weighted by Gasteiger charge is -2.12. The second-order valence-electron chi connectivity index (χ2n) is 6.58. The minimum atomic E-state index is -0.401. The molecule has 7 nitrogen and oxygen atoms in total. The van der Waals surface area contributed by atoms with Crippen LogP contribution in [0.15, 0.2) is 54.7 Å². The van der Waals surface area contributed by atoms with Gasteiger partial charge in [0.15, 0.2) is 0 Å². The lowest BCUT2D eigenvalue weighted by atomic mass is 10.1. The lowest BCUT2D eigenvalue weighted by molar-refractivity contribution is 0.0958. The molecule has 3 aromatic rings. The summed E-state index contributed by atoms with van der Waals surface area (Å²) >= 11 is 12.0. The summed E-state index contributed by atoms with van der Waals surface area (Å²) in [5.74, 6) is 0.808. The third-order valence-electron chi connectivity index (χ3n) is 4.36. The number of carbonyl (C=O) groups is 2. The Kier molecular flexibility index (Phi) is 7.33. The van der Waals surface area contributed by atoms with E-state index in [1.807, 2.05) is 19.1 Å². The van der Waals surface area contributed by atoms with Gasteiger partial charge in [-0.1, -0.05) is 29.3 Å². The molecule has 0 spiro atoms. The molecule has 9 heteroatoms. The number of urea groups is 1. The molecule has 0 bridgehead atoms. The van der Waals surface area contributed by atoms with Gasteiger partial charge in [-0.2, -0.15) is 0 Å². The van der Waals surface area contributed by atoms with Crippen molar-refractivity contribution >= 4 is 40.8 Å². The standard InChI is InChI=1S/C22H20Cl2N4O3/c1-13-9-16(31-17-7-8-26-20(11-17)21(29)25-2)5-3-14(13)12-27-22(30)28-19-10-15(23)4-6-18(19)24/h3-11H,12H2,1-2H3,(H,25,29)(H2,27,28,30). The maximum absolute atomic E-state index is 12.2. The van der Waals surface area contributed by atoms with E-state index in [2.05, 4.69) is 20.9 Å². The second kappa shape index (κ2) is 10.1. The minimum Gasteiger partial charge on any atom is -0.457 e. The summed E-state index contributed by atoms with van der Waals surface area (Å²) in [6.07, 6.45) is 1.51. The zero-order chi connectivity index (χ0) is 22.4. The van der Waals surface area contributed by atoms with E-state index in [-0.39, 0.29) is 11.6 Å². The molecule has 160 valence electrons. The van der Waals surface area contributed by atoms with Crippen LogP contribution in [0, 0.1) is 6.92 Å². The molecule has 0 unspecified atom stereocenters. The van der Waals surface area contributed by atoms with E-state index < -0.39 is 6.03 Å². The first-order valence-corrected chi connectivity index (χ1v) is 10.1. The summed E-state index contributed by atoms with van der Waals surface area (Å²) in [5, 5.41) is 8.85. The van der Waals surface area contributed by atoms with Crippen molar-refractivity contribution in [2.24, 2.45) is 0 Å². The van der Waals surface area contributed by atoms with Crippen LogP contribution in [0.3, 0.4) is 0 Å². The Hall–Kier alpha value is -3.29. The van der Waals surface area contributed by atoms with Crippen molar-refractivity contribution in [2.45, 2.75) is 13.5 Å². The highest BCUT2D eigenvalue weighted by Gasteiger charge is 2.09. The number of rotatable bonds is 6. The first-order chi connectivity index (χ1) is 14.9. The van der Waals surface area contributed by atoms with Gasteiger partial charge in [0, 0.05) is 30.9 Å². The van der Waals surface area contributed by atoms with E-state index in [0.29, 0.717) is 33.8 Å². The Bertz CT molecular complexity index is 1120. The predicted molar refractivity (Wildman–Crippen MR) is 121 cm³/mol. The molecular weight excluding hydrogens is 439 g/mol. The SMILES string of the molecule is CNC(=O)c1cc(Oc2ccc(CNC(=O)Nc3cc(Cl)ccc3Cl)c(C)c2)ccn1. The summed E-state index contributed by atoms with van der Waals surface area (Å²) in [6.45, 7) is 2.23.